The van der Waals surface area contributed by atoms with E-state index in [0.717, 1.165) is 17.7 Å². The molecule has 2 aromatic carbocycles. The quantitative estimate of drug-likeness (QED) is 0.461. The number of carbonyl (C=O) groups excluding carboxylic acids is 1. The lowest BCUT2D eigenvalue weighted by atomic mass is 10.0. The fraction of sp³-hybridized carbons (Fsp3) is 0.273. The molecule has 8 nitrogen and oxygen atoms in total. The Balaban J connectivity index is 2.05. The Morgan fingerprint density at radius 1 is 1.13 bits per heavy atom. The summed E-state index contributed by atoms with van der Waals surface area (Å²) in [5.74, 6) is -0.273. The molecule has 0 fully saturated rings. The monoisotopic (exact) mass is 408 g/mol. The molecule has 0 aliphatic rings. The number of benzene rings is 2. The highest BCUT2D eigenvalue weighted by Gasteiger charge is 2.19. The number of carbonyl (C=O) groups is 1. The smallest absolute Gasteiger partial charge is 0.271 e. The molecule has 156 valence electrons. The van der Waals surface area contributed by atoms with Crippen molar-refractivity contribution in [2.45, 2.75) is 13.8 Å². The van der Waals surface area contributed by atoms with E-state index in [-0.39, 0.29) is 11.6 Å². The molecule has 0 aliphatic heterocycles. The number of non-ortho nitro benzene ring substituents is 1. The maximum atomic E-state index is 12.9. The molecule has 0 unspecified atom stereocenters. The van der Waals surface area contributed by atoms with Gasteiger partial charge in [-0.1, -0.05) is 18.2 Å². The number of hydrogen-bond donors (Lipinski definition) is 2. The number of aromatic nitrogens is 2. The summed E-state index contributed by atoms with van der Waals surface area (Å²) < 4.78 is 1.47. The fourth-order valence-corrected chi connectivity index (χ4v) is 3.04. The second-order valence-corrected chi connectivity index (χ2v) is 7.62. The average molecular weight is 408 g/mol. The van der Waals surface area contributed by atoms with Crippen molar-refractivity contribution in [1.82, 2.24) is 15.1 Å². The van der Waals surface area contributed by atoms with Gasteiger partial charge in [0.25, 0.3) is 11.6 Å². The summed E-state index contributed by atoms with van der Waals surface area (Å²) in [5, 5.41) is 18.7. The zero-order chi connectivity index (χ0) is 21.8. The van der Waals surface area contributed by atoms with Gasteiger partial charge in [-0.05, 0) is 43.2 Å². The molecule has 1 aromatic heterocycles. The topological polar surface area (TPSA) is 94.5 Å². The van der Waals surface area contributed by atoms with E-state index in [1.165, 1.54) is 27.3 Å². The van der Waals surface area contributed by atoms with E-state index in [0.29, 0.717) is 23.6 Å². The predicted molar refractivity (Wildman–Crippen MR) is 115 cm³/mol. The van der Waals surface area contributed by atoms with Crippen LogP contribution >= 0.6 is 0 Å². The first kappa shape index (κ1) is 21.2. The Kier molecular flexibility index (Phi) is 6.27. The second kappa shape index (κ2) is 8.87. The molecule has 0 bridgehead atoms. The highest BCUT2D eigenvalue weighted by molar-refractivity contribution is 5.94. The lowest BCUT2D eigenvalue weighted by molar-refractivity contribution is -0.856. The van der Waals surface area contributed by atoms with E-state index in [1.807, 2.05) is 46.1 Å². The van der Waals surface area contributed by atoms with Crippen LogP contribution in [0.4, 0.5) is 5.69 Å². The summed E-state index contributed by atoms with van der Waals surface area (Å²) >= 11 is 0. The minimum Gasteiger partial charge on any atom is -0.345 e. The first-order chi connectivity index (χ1) is 14.3. The van der Waals surface area contributed by atoms with Gasteiger partial charge in [-0.25, -0.2) is 4.68 Å². The summed E-state index contributed by atoms with van der Waals surface area (Å²) in [6.07, 6.45) is 0. The molecule has 0 atom stereocenters. The number of amides is 1. The van der Waals surface area contributed by atoms with E-state index in [9.17, 15) is 14.9 Å². The summed E-state index contributed by atoms with van der Waals surface area (Å²) in [6.45, 7) is 5.35. The van der Waals surface area contributed by atoms with Crippen molar-refractivity contribution in [3.63, 3.8) is 0 Å². The minimum atomic E-state index is -0.461. The van der Waals surface area contributed by atoms with E-state index in [4.69, 9.17) is 0 Å². The van der Waals surface area contributed by atoms with Crippen LogP contribution in [0.2, 0.25) is 0 Å². The first-order valence-corrected chi connectivity index (χ1v) is 9.76. The van der Waals surface area contributed by atoms with Crippen LogP contribution in [0, 0.1) is 24.0 Å². The SMILES string of the molecule is Cc1ccc(-c2cc(C(=O)NCC[NH+](C)C)n(-c3cccc([N+](=O)[O-])c3)n2)cc1C. The predicted octanol–water partition coefficient (Wildman–Crippen LogP) is 1.94. The first-order valence-electron chi connectivity index (χ1n) is 9.76. The maximum Gasteiger partial charge on any atom is 0.271 e. The Hall–Kier alpha value is -3.52. The lowest BCUT2D eigenvalue weighted by Crippen LogP contribution is -3.06. The van der Waals surface area contributed by atoms with Crippen LogP contribution in [0.25, 0.3) is 16.9 Å². The molecule has 0 radical (unpaired) electrons. The number of nitrogens with zero attached hydrogens (tertiary/aromatic N) is 3. The molecule has 3 rings (SSSR count). The Morgan fingerprint density at radius 2 is 1.90 bits per heavy atom. The Labute approximate surface area is 175 Å². The van der Waals surface area contributed by atoms with Gasteiger partial charge in [-0.15, -0.1) is 0 Å². The number of nitrogens with one attached hydrogen (secondary N) is 2. The van der Waals surface area contributed by atoms with Crippen molar-refractivity contribution >= 4 is 11.6 Å². The number of nitro groups is 1. The summed E-state index contributed by atoms with van der Waals surface area (Å²) in [4.78, 5) is 24.8. The highest BCUT2D eigenvalue weighted by atomic mass is 16.6. The zero-order valence-corrected chi connectivity index (χ0v) is 17.6. The number of hydrogen-bond acceptors (Lipinski definition) is 4. The molecule has 0 saturated heterocycles. The third-order valence-electron chi connectivity index (χ3n) is 4.94. The molecule has 8 heteroatoms. The molecule has 3 aromatic rings. The number of aryl methyl sites for hydroxylation is 2. The number of rotatable bonds is 7. The fourth-order valence-electron chi connectivity index (χ4n) is 3.04. The van der Waals surface area contributed by atoms with Crippen molar-refractivity contribution in [1.29, 1.82) is 0 Å². The number of nitro benzene ring substituents is 1. The summed E-state index contributed by atoms with van der Waals surface area (Å²) in [7, 11) is 4.02. The van der Waals surface area contributed by atoms with Crippen LogP contribution in [-0.2, 0) is 0 Å². The van der Waals surface area contributed by atoms with Crippen LogP contribution in [-0.4, -0.2) is 47.8 Å². The van der Waals surface area contributed by atoms with Gasteiger partial charge in [-0.3, -0.25) is 14.9 Å². The standard InChI is InChI=1S/C22H25N5O3/c1-15-8-9-17(12-16(15)2)20-14-21(22(28)23-10-11-25(3)4)26(24-20)18-6-5-7-19(13-18)27(29)30/h5-9,12-14H,10-11H2,1-4H3,(H,23,28)/p+1. The van der Waals surface area contributed by atoms with Gasteiger partial charge in [0.1, 0.15) is 5.69 Å². The van der Waals surface area contributed by atoms with E-state index >= 15 is 0 Å². The van der Waals surface area contributed by atoms with Gasteiger partial charge in [0, 0.05) is 17.7 Å². The lowest BCUT2D eigenvalue weighted by Gasteiger charge is -2.10. The second-order valence-electron chi connectivity index (χ2n) is 7.62. The molecular weight excluding hydrogens is 382 g/mol. The largest absolute Gasteiger partial charge is 0.345 e. The summed E-state index contributed by atoms with van der Waals surface area (Å²) in [5.41, 5.74) is 4.54. The molecule has 1 amide bonds. The molecule has 0 saturated carbocycles. The van der Waals surface area contributed by atoms with E-state index in [2.05, 4.69) is 10.4 Å². The molecule has 0 spiro atoms. The van der Waals surface area contributed by atoms with Crippen LogP contribution in [0.3, 0.4) is 0 Å². The van der Waals surface area contributed by atoms with Crippen LogP contribution in [0.1, 0.15) is 21.6 Å². The third-order valence-corrected chi connectivity index (χ3v) is 4.94. The minimum absolute atomic E-state index is 0.0571. The Morgan fingerprint density at radius 3 is 2.57 bits per heavy atom. The van der Waals surface area contributed by atoms with Gasteiger partial charge in [0.15, 0.2) is 0 Å². The molecule has 2 N–H and O–H groups in total. The van der Waals surface area contributed by atoms with Gasteiger partial charge in [-0.2, -0.15) is 5.10 Å². The molecule has 30 heavy (non-hydrogen) atoms. The summed E-state index contributed by atoms with van der Waals surface area (Å²) in [6, 6.07) is 13.8. The highest BCUT2D eigenvalue weighted by Crippen LogP contribution is 2.25. The van der Waals surface area contributed by atoms with Crippen molar-refractivity contribution in [3.8, 4) is 16.9 Å². The van der Waals surface area contributed by atoms with Crippen molar-refractivity contribution in [3.05, 3.63) is 75.5 Å². The van der Waals surface area contributed by atoms with Crippen molar-refractivity contribution in [2.75, 3.05) is 27.2 Å². The van der Waals surface area contributed by atoms with E-state index in [1.54, 1.807) is 18.2 Å². The van der Waals surface area contributed by atoms with Gasteiger partial charge in [0.05, 0.1) is 43.5 Å². The molecule has 0 aliphatic carbocycles. The number of quaternary nitrogens is 1. The molecular formula is C22H26N5O3+. The van der Waals surface area contributed by atoms with Crippen LogP contribution in [0.15, 0.2) is 48.5 Å². The normalized spacial score (nSPS) is 11.0. The Bertz CT molecular complexity index is 1090. The molecule has 1 heterocycles. The zero-order valence-electron chi connectivity index (χ0n) is 17.6. The van der Waals surface area contributed by atoms with E-state index < -0.39 is 4.92 Å². The maximum absolute atomic E-state index is 12.9. The van der Waals surface area contributed by atoms with Crippen LogP contribution < -0.4 is 10.2 Å². The van der Waals surface area contributed by atoms with Gasteiger partial charge < -0.3 is 10.2 Å². The average Bonchev–Trinajstić information content (AvgIpc) is 3.15. The van der Waals surface area contributed by atoms with Crippen LogP contribution in [0.5, 0.6) is 0 Å². The number of likely N-dealkylation sites (N-methyl/N-ethyl adjacent to an activating group) is 1. The van der Waals surface area contributed by atoms with Crippen molar-refractivity contribution < 1.29 is 14.6 Å². The van der Waals surface area contributed by atoms with Gasteiger partial charge in [0.2, 0.25) is 0 Å². The van der Waals surface area contributed by atoms with Gasteiger partial charge >= 0.3 is 0 Å². The third kappa shape index (κ3) is 4.72. The van der Waals surface area contributed by atoms with Crippen molar-refractivity contribution in [2.24, 2.45) is 0 Å².